The molecule has 0 aliphatic carbocycles. The largest absolute Gasteiger partial charge is 0.497 e. The van der Waals surface area contributed by atoms with Crippen molar-refractivity contribution < 1.29 is 9.47 Å². The van der Waals surface area contributed by atoms with E-state index in [-0.39, 0.29) is 5.95 Å². The number of ether oxygens (including phenoxy) is 2. The molecule has 7 nitrogen and oxygen atoms in total. The van der Waals surface area contributed by atoms with E-state index in [9.17, 15) is 0 Å². The van der Waals surface area contributed by atoms with Crippen LogP contribution in [-0.2, 0) is 0 Å². The summed E-state index contributed by atoms with van der Waals surface area (Å²) in [6.07, 6.45) is 1.48. The third kappa shape index (κ3) is 4.25. The molecule has 0 saturated carbocycles. The maximum atomic E-state index is 6.16. The number of rotatable bonds is 6. The SMILES string of the molecule is COc1ccc(OC)c(Nc2nncc(Nc3cc(Cl)ccc3Cl)n2)c1. The molecule has 0 aliphatic heterocycles. The molecule has 0 fully saturated rings. The Bertz CT molecular complexity index is 923. The quantitative estimate of drug-likeness (QED) is 0.630. The first-order valence-corrected chi connectivity index (χ1v) is 8.25. The van der Waals surface area contributed by atoms with Gasteiger partial charge >= 0.3 is 0 Å². The van der Waals surface area contributed by atoms with Gasteiger partial charge in [-0.2, -0.15) is 10.1 Å². The summed E-state index contributed by atoms with van der Waals surface area (Å²) in [6.45, 7) is 0. The molecule has 0 unspecified atom stereocenters. The third-order valence-electron chi connectivity index (χ3n) is 3.40. The highest BCUT2D eigenvalue weighted by Crippen LogP contribution is 2.31. The summed E-state index contributed by atoms with van der Waals surface area (Å²) in [7, 11) is 3.16. The average Bonchev–Trinajstić information content (AvgIpc) is 2.65. The van der Waals surface area contributed by atoms with E-state index in [1.54, 1.807) is 50.6 Å². The molecule has 2 aromatic carbocycles. The van der Waals surface area contributed by atoms with Crippen LogP contribution in [0.1, 0.15) is 0 Å². The molecular formula is C17H15Cl2N5O2. The van der Waals surface area contributed by atoms with E-state index in [1.807, 2.05) is 0 Å². The zero-order valence-corrected chi connectivity index (χ0v) is 15.5. The topological polar surface area (TPSA) is 81.2 Å². The Balaban J connectivity index is 1.85. The van der Waals surface area contributed by atoms with Gasteiger partial charge in [-0.15, -0.1) is 5.10 Å². The van der Waals surface area contributed by atoms with Gasteiger partial charge in [0, 0.05) is 11.1 Å². The standard InChI is InChI=1S/C17H15Cl2N5O2/c1-25-11-4-6-15(26-2)14(8-11)22-17-23-16(9-20-24-17)21-13-7-10(18)3-5-12(13)19/h3-9H,1-2H3,(H2,21,22,23,24). The molecule has 134 valence electrons. The first kappa shape index (κ1) is 18.0. The van der Waals surface area contributed by atoms with Gasteiger partial charge in [0.15, 0.2) is 5.82 Å². The number of aromatic nitrogens is 3. The Hall–Kier alpha value is -2.77. The van der Waals surface area contributed by atoms with Crippen LogP contribution in [0.4, 0.5) is 23.1 Å². The highest BCUT2D eigenvalue weighted by molar-refractivity contribution is 6.35. The number of anilines is 4. The lowest BCUT2D eigenvalue weighted by Gasteiger charge is -2.12. The fraction of sp³-hybridized carbons (Fsp3) is 0.118. The van der Waals surface area contributed by atoms with E-state index >= 15 is 0 Å². The highest BCUT2D eigenvalue weighted by Gasteiger charge is 2.09. The first-order valence-electron chi connectivity index (χ1n) is 7.50. The summed E-state index contributed by atoms with van der Waals surface area (Å²) in [5.74, 6) is 2.01. The summed E-state index contributed by atoms with van der Waals surface area (Å²) >= 11 is 12.2. The predicted octanol–water partition coefficient (Wildman–Crippen LogP) is 4.68. The molecule has 0 saturated heterocycles. The Morgan fingerprint density at radius 3 is 2.54 bits per heavy atom. The monoisotopic (exact) mass is 391 g/mol. The minimum atomic E-state index is 0.278. The number of hydrogen-bond donors (Lipinski definition) is 2. The van der Waals surface area contributed by atoms with Gasteiger partial charge in [-0.25, -0.2) is 0 Å². The molecule has 3 aromatic rings. The van der Waals surface area contributed by atoms with Gasteiger partial charge in [0.25, 0.3) is 0 Å². The number of hydrogen-bond acceptors (Lipinski definition) is 7. The second-order valence-corrected chi connectivity index (χ2v) is 5.95. The van der Waals surface area contributed by atoms with E-state index in [2.05, 4.69) is 25.8 Å². The summed E-state index contributed by atoms with van der Waals surface area (Å²) in [6, 6.07) is 10.4. The van der Waals surface area contributed by atoms with Crippen LogP contribution >= 0.6 is 23.2 Å². The molecule has 0 amide bonds. The Labute approximate surface area is 160 Å². The van der Waals surface area contributed by atoms with E-state index < -0.39 is 0 Å². The van der Waals surface area contributed by atoms with Gasteiger partial charge < -0.3 is 20.1 Å². The molecule has 0 bridgehead atoms. The van der Waals surface area contributed by atoms with Gasteiger partial charge in [-0.1, -0.05) is 23.2 Å². The zero-order valence-electron chi connectivity index (χ0n) is 14.0. The van der Waals surface area contributed by atoms with Crippen LogP contribution in [0.25, 0.3) is 0 Å². The summed E-state index contributed by atoms with van der Waals surface area (Å²) in [5.41, 5.74) is 1.26. The zero-order chi connectivity index (χ0) is 18.5. The Kier molecular flexibility index (Phi) is 5.60. The fourth-order valence-corrected chi connectivity index (χ4v) is 2.52. The van der Waals surface area contributed by atoms with Crippen molar-refractivity contribution in [3.63, 3.8) is 0 Å². The van der Waals surface area contributed by atoms with Crippen molar-refractivity contribution in [1.82, 2.24) is 15.2 Å². The van der Waals surface area contributed by atoms with E-state index in [0.29, 0.717) is 38.7 Å². The molecule has 3 rings (SSSR count). The molecule has 26 heavy (non-hydrogen) atoms. The van der Waals surface area contributed by atoms with Crippen LogP contribution in [-0.4, -0.2) is 29.4 Å². The summed E-state index contributed by atoms with van der Waals surface area (Å²) in [4.78, 5) is 4.37. The average molecular weight is 392 g/mol. The van der Waals surface area contributed by atoms with Crippen molar-refractivity contribution in [1.29, 1.82) is 0 Å². The minimum Gasteiger partial charge on any atom is -0.497 e. The molecule has 2 N–H and O–H groups in total. The molecule has 0 aliphatic rings. The lowest BCUT2D eigenvalue weighted by Crippen LogP contribution is -2.03. The number of halogens is 2. The van der Waals surface area contributed by atoms with E-state index in [0.717, 1.165) is 0 Å². The molecule has 0 radical (unpaired) electrons. The van der Waals surface area contributed by atoms with Gasteiger partial charge in [0.05, 0.1) is 36.8 Å². The Morgan fingerprint density at radius 2 is 1.77 bits per heavy atom. The lowest BCUT2D eigenvalue weighted by atomic mass is 10.2. The lowest BCUT2D eigenvalue weighted by molar-refractivity contribution is 0.405. The van der Waals surface area contributed by atoms with Crippen LogP contribution < -0.4 is 20.1 Å². The van der Waals surface area contributed by atoms with Crippen LogP contribution in [0.3, 0.4) is 0 Å². The number of nitrogens with zero attached hydrogens (tertiary/aromatic N) is 3. The predicted molar refractivity (Wildman–Crippen MR) is 102 cm³/mol. The number of nitrogens with one attached hydrogen (secondary N) is 2. The van der Waals surface area contributed by atoms with Crippen molar-refractivity contribution in [2.75, 3.05) is 24.9 Å². The fourth-order valence-electron chi connectivity index (χ4n) is 2.18. The third-order valence-corrected chi connectivity index (χ3v) is 3.97. The van der Waals surface area contributed by atoms with Crippen LogP contribution in [0, 0.1) is 0 Å². The molecule has 0 spiro atoms. The van der Waals surface area contributed by atoms with Crippen molar-refractivity contribution in [2.24, 2.45) is 0 Å². The highest BCUT2D eigenvalue weighted by atomic mass is 35.5. The van der Waals surface area contributed by atoms with E-state index in [4.69, 9.17) is 32.7 Å². The van der Waals surface area contributed by atoms with Crippen molar-refractivity contribution >= 4 is 46.3 Å². The van der Waals surface area contributed by atoms with Crippen LogP contribution in [0.5, 0.6) is 11.5 Å². The van der Waals surface area contributed by atoms with Crippen LogP contribution in [0.15, 0.2) is 42.6 Å². The maximum Gasteiger partial charge on any atom is 0.249 e. The minimum absolute atomic E-state index is 0.278. The first-order chi connectivity index (χ1) is 12.6. The molecule has 9 heteroatoms. The van der Waals surface area contributed by atoms with Crippen molar-refractivity contribution in [3.8, 4) is 11.5 Å². The molecule has 1 heterocycles. The molecular weight excluding hydrogens is 377 g/mol. The van der Waals surface area contributed by atoms with Crippen molar-refractivity contribution in [2.45, 2.75) is 0 Å². The Morgan fingerprint density at radius 1 is 0.923 bits per heavy atom. The number of methoxy groups -OCH3 is 2. The van der Waals surface area contributed by atoms with Crippen molar-refractivity contribution in [3.05, 3.63) is 52.6 Å². The van der Waals surface area contributed by atoms with Gasteiger partial charge in [-0.05, 0) is 30.3 Å². The summed E-state index contributed by atoms with van der Waals surface area (Å²) < 4.78 is 10.6. The van der Waals surface area contributed by atoms with Gasteiger partial charge in [0.2, 0.25) is 5.95 Å². The van der Waals surface area contributed by atoms with Gasteiger partial charge in [-0.3, -0.25) is 0 Å². The normalized spacial score (nSPS) is 10.3. The van der Waals surface area contributed by atoms with E-state index in [1.165, 1.54) is 6.20 Å². The second kappa shape index (κ2) is 8.07. The smallest absolute Gasteiger partial charge is 0.249 e. The summed E-state index contributed by atoms with van der Waals surface area (Å²) in [5, 5.41) is 15.1. The maximum absolute atomic E-state index is 6.16. The number of benzene rings is 2. The van der Waals surface area contributed by atoms with Gasteiger partial charge in [0.1, 0.15) is 11.5 Å². The molecule has 0 atom stereocenters. The van der Waals surface area contributed by atoms with Crippen LogP contribution in [0.2, 0.25) is 10.0 Å². The second-order valence-electron chi connectivity index (χ2n) is 5.11. The molecule has 1 aromatic heterocycles.